The van der Waals surface area contributed by atoms with Gasteiger partial charge in [-0.25, -0.2) is 0 Å². The van der Waals surface area contributed by atoms with Gasteiger partial charge in [0.15, 0.2) is 0 Å². The lowest BCUT2D eigenvalue weighted by atomic mass is 10.0. The number of nitrogens with zero attached hydrogens (tertiary/aromatic N) is 1. The summed E-state index contributed by atoms with van der Waals surface area (Å²) in [6, 6.07) is 33.3. The molecule has 0 amide bonds. The van der Waals surface area contributed by atoms with Crippen molar-refractivity contribution in [3.63, 3.8) is 0 Å². The summed E-state index contributed by atoms with van der Waals surface area (Å²) in [4.78, 5) is 0. The van der Waals surface area contributed by atoms with Crippen molar-refractivity contribution < 1.29 is 0 Å². The molecule has 1 unspecified atom stereocenters. The highest BCUT2D eigenvalue weighted by atomic mass is 15.2. The number of hydrogen-bond donors (Lipinski definition) is 3. The summed E-state index contributed by atoms with van der Waals surface area (Å²) in [5.41, 5.74) is 7.40. The summed E-state index contributed by atoms with van der Waals surface area (Å²) in [5.74, 6) is 0. The van der Waals surface area contributed by atoms with Crippen LogP contribution in [-0.2, 0) is 0 Å². The monoisotopic (exact) mass is 440 g/mol. The number of benzene rings is 4. The first-order valence-electron chi connectivity index (χ1n) is 11.4. The van der Waals surface area contributed by atoms with Gasteiger partial charge in [-0.2, -0.15) is 0 Å². The highest BCUT2D eigenvalue weighted by Crippen LogP contribution is 2.37. The topological polar surface area (TPSA) is 52.8 Å². The van der Waals surface area contributed by atoms with E-state index < -0.39 is 0 Å². The van der Waals surface area contributed by atoms with Crippen LogP contribution in [0.2, 0.25) is 0 Å². The molecule has 1 atom stereocenters. The summed E-state index contributed by atoms with van der Waals surface area (Å²) >= 11 is 0. The van der Waals surface area contributed by atoms with Crippen molar-refractivity contribution in [3.8, 4) is 0 Å². The Morgan fingerprint density at radius 2 is 1.53 bits per heavy atom. The number of dihydropyridines is 1. The minimum atomic E-state index is -0.0471. The highest BCUT2D eigenvalue weighted by Gasteiger charge is 2.20. The zero-order chi connectivity index (χ0) is 22.9. The van der Waals surface area contributed by atoms with Gasteiger partial charge in [-0.1, -0.05) is 66.7 Å². The smallest absolute Gasteiger partial charge is 0.123 e. The third-order valence-electron chi connectivity index (χ3n) is 6.34. The lowest BCUT2D eigenvalue weighted by Gasteiger charge is -2.23. The van der Waals surface area contributed by atoms with Gasteiger partial charge in [0.1, 0.15) is 6.17 Å². The molecular formula is C30H24N4. The van der Waals surface area contributed by atoms with Crippen LogP contribution in [0.15, 0.2) is 115 Å². The van der Waals surface area contributed by atoms with Crippen LogP contribution in [0.3, 0.4) is 0 Å². The van der Waals surface area contributed by atoms with Crippen molar-refractivity contribution >= 4 is 45.0 Å². The van der Waals surface area contributed by atoms with Gasteiger partial charge in [0.2, 0.25) is 0 Å². The largest absolute Gasteiger partial charge is 0.368 e. The van der Waals surface area contributed by atoms with E-state index in [1.54, 1.807) is 0 Å². The molecule has 0 bridgehead atoms. The summed E-state index contributed by atoms with van der Waals surface area (Å²) in [6.45, 7) is 0. The Morgan fingerprint density at radius 1 is 0.794 bits per heavy atom. The van der Waals surface area contributed by atoms with E-state index in [0.717, 1.165) is 33.4 Å². The lowest BCUT2D eigenvalue weighted by molar-refractivity contribution is 0.580. The second kappa shape index (κ2) is 8.41. The molecule has 4 nitrogen and oxygen atoms in total. The quantitative estimate of drug-likeness (QED) is 0.252. The van der Waals surface area contributed by atoms with Crippen LogP contribution in [0, 0.1) is 5.41 Å². The van der Waals surface area contributed by atoms with Crippen molar-refractivity contribution in [3.05, 3.63) is 127 Å². The predicted octanol–water partition coefficient (Wildman–Crippen LogP) is 7.23. The molecule has 1 aromatic heterocycles. The van der Waals surface area contributed by atoms with Crippen molar-refractivity contribution in [2.24, 2.45) is 0 Å². The van der Waals surface area contributed by atoms with E-state index in [1.807, 2.05) is 42.6 Å². The van der Waals surface area contributed by atoms with E-state index in [-0.39, 0.29) is 6.17 Å². The van der Waals surface area contributed by atoms with Crippen LogP contribution in [0.1, 0.15) is 17.3 Å². The molecular weight excluding hydrogens is 416 g/mol. The van der Waals surface area contributed by atoms with E-state index in [1.165, 1.54) is 22.7 Å². The van der Waals surface area contributed by atoms with Crippen molar-refractivity contribution in [1.82, 2.24) is 9.88 Å². The van der Waals surface area contributed by atoms with Gasteiger partial charge < -0.3 is 20.6 Å². The Labute approximate surface area is 198 Å². The Kier molecular flexibility index (Phi) is 4.96. The fraction of sp³-hybridized carbons (Fsp3) is 0.0333. The minimum absolute atomic E-state index is 0.0471. The number of allylic oxidation sites excluding steroid dienone is 2. The summed E-state index contributed by atoms with van der Waals surface area (Å²) < 4.78 is 2.33. The first-order valence-corrected chi connectivity index (χ1v) is 11.4. The van der Waals surface area contributed by atoms with Gasteiger partial charge in [0.25, 0.3) is 0 Å². The minimum Gasteiger partial charge on any atom is -0.368 e. The Hall–Kier alpha value is -4.57. The standard InChI is InChI=1S/C30H24N4/c31-20-23-17-29-26(19-27(23)33-24-11-5-2-6-12-24)25-13-7-8-14-28(25)34(29)30-18-22(15-16-32-30)21-9-3-1-4-10-21/h1-20,30-33H. The van der Waals surface area contributed by atoms with Crippen LogP contribution in [0.25, 0.3) is 27.4 Å². The average molecular weight is 441 g/mol. The molecule has 4 aromatic carbocycles. The number of hydrogen-bond acceptors (Lipinski definition) is 3. The van der Waals surface area contributed by atoms with E-state index >= 15 is 0 Å². The molecule has 0 saturated carbocycles. The molecule has 5 aromatic rings. The van der Waals surface area contributed by atoms with Gasteiger partial charge in [-0.15, -0.1) is 0 Å². The van der Waals surface area contributed by atoms with Crippen LogP contribution in [0.5, 0.6) is 0 Å². The molecule has 2 heterocycles. The summed E-state index contributed by atoms with van der Waals surface area (Å²) in [7, 11) is 0. The number of anilines is 2. The molecule has 1 aliphatic heterocycles. The van der Waals surface area contributed by atoms with Crippen molar-refractivity contribution in [2.45, 2.75) is 6.17 Å². The average Bonchev–Trinajstić information content (AvgIpc) is 3.22. The van der Waals surface area contributed by atoms with Crippen molar-refractivity contribution in [1.29, 1.82) is 5.41 Å². The molecule has 4 heteroatoms. The zero-order valence-corrected chi connectivity index (χ0v) is 18.6. The molecule has 0 aliphatic carbocycles. The number of nitrogens with one attached hydrogen (secondary N) is 3. The van der Waals surface area contributed by atoms with Gasteiger partial charge >= 0.3 is 0 Å². The second-order valence-electron chi connectivity index (χ2n) is 8.41. The first-order chi connectivity index (χ1) is 16.8. The number of rotatable bonds is 5. The first kappa shape index (κ1) is 20.1. The van der Waals surface area contributed by atoms with Crippen LogP contribution >= 0.6 is 0 Å². The normalized spacial score (nSPS) is 15.2. The Morgan fingerprint density at radius 3 is 2.32 bits per heavy atom. The number of aromatic nitrogens is 1. The highest BCUT2D eigenvalue weighted by molar-refractivity contribution is 6.11. The van der Waals surface area contributed by atoms with Gasteiger partial charge in [0, 0.05) is 33.9 Å². The van der Waals surface area contributed by atoms with Gasteiger partial charge in [0.05, 0.1) is 11.0 Å². The SMILES string of the molecule is N=Cc1cc2c(cc1Nc1ccccc1)c1ccccc1n2C1C=C(c2ccccc2)C=CN1. The third-order valence-corrected chi connectivity index (χ3v) is 6.34. The van der Waals surface area contributed by atoms with Crippen LogP contribution in [-0.4, -0.2) is 10.8 Å². The van der Waals surface area contributed by atoms with Gasteiger partial charge in [-0.05, 0) is 59.8 Å². The second-order valence-corrected chi connectivity index (χ2v) is 8.41. The summed E-state index contributed by atoms with van der Waals surface area (Å²) in [6.07, 6.45) is 7.78. The maximum absolute atomic E-state index is 8.11. The van der Waals surface area contributed by atoms with Crippen LogP contribution < -0.4 is 10.6 Å². The third kappa shape index (κ3) is 3.46. The van der Waals surface area contributed by atoms with Crippen LogP contribution in [0.4, 0.5) is 11.4 Å². The summed E-state index contributed by atoms with van der Waals surface area (Å²) in [5, 5.41) is 17.5. The fourth-order valence-electron chi connectivity index (χ4n) is 4.75. The maximum Gasteiger partial charge on any atom is 0.123 e. The Bertz CT molecular complexity index is 1560. The molecule has 3 N–H and O–H groups in total. The van der Waals surface area contributed by atoms with Crippen molar-refractivity contribution in [2.75, 3.05) is 5.32 Å². The van der Waals surface area contributed by atoms with E-state index in [4.69, 9.17) is 5.41 Å². The van der Waals surface area contributed by atoms with Gasteiger partial charge in [-0.3, -0.25) is 0 Å². The number of para-hydroxylation sites is 2. The predicted molar refractivity (Wildman–Crippen MR) is 143 cm³/mol. The zero-order valence-electron chi connectivity index (χ0n) is 18.6. The molecule has 6 rings (SSSR count). The molecule has 1 aliphatic rings. The lowest BCUT2D eigenvalue weighted by Crippen LogP contribution is -2.22. The van der Waals surface area contributed by atoms with E-state index in [0.29, 0.717) is 0 Å². The van der Waals surface area contributed by atoms with E-state index in [9.17, 15) is 0 Å². The molecule has 0 saturated heterocycles. The maximum atomic E-state index is 8.11. The van der Waals surface area contributed by atoms with E-state index in [2.05, 4.69) is 88.0 Å². The molecule has 0 radical (unpaired) electrons. The molecule has 0 fully saturated rings. The fourth-order valence-corrected chi connectivity index (χ4v) is 4.75. The molecule has 164 valence electrons. The number of fused-ring (bicyclic) bond motifs is 3. The molecule has 0 spiro atoms. The Balaban J connectivity index is 1.54. The molecule has 34 heavy (non-hydrogen) atoms.